The van der Waals surface area contributed by atoms with Crippen LogP contribution in [0.5, 0.6) is 0 Å². The molecule has 0 aliphatic heterocycles. The Morgan fingerprint density at radius 2 is 2.18 bits per heavy atom. The Hall–Kier alpha value is -1.69. The molecular formula is C10H13ClFN3O2. The lowest BCUT2D eigenvalue weighted by Crippen LogP contribution is -2.18. The second-order valence-electron chi connectivity index (χ2n) is 3.22. The predicted molar refractivity (Wildman–Crippen MR) is 65.4 cm³/mol. The number of rotatable bonds is 4. The monoisotopic (exact) mass is 261 g/mol. The molecule has 0 aliphatic carbocycles. The van der Waals surface area contributed by atoms with Crippen molar-refractivity contribution >= 4 is 34.6 Å². The average molecular weight is 262 g/mol. The van der Waals surface area contributed by atoms with Gasteiger partial charge in [0.05, 0.1) is 23.7 Å². The number of esters is 1. The van der Waals surface area contributed by atoms with E-state index < -0.39 is 11.8 Å². The van der Waals surface area contributed by atoms with Crippen LogP contribution in [0.2, 0.25) is 5.02 Å². The third-order valence-corrected chi connectivity index (χ3v) is 2.36. The minimum Gasteiger partial charge on any atom is -0.465 e. The number of nitrogens with one attached hydrogen (secondary N) is 1. The summed E-state index contributed by atoms with van der Waals surface area (Å²) in [7, 11) is 0. The molecule has 0 aliphatic rings. The van der Waals surface area contributed by atoms with Crippen LogP contribution in [0.15, 0.2) is 6.07 Å². The van der Waals surface area contributed by atoms with Gasteiger partial charge >= 0.3 is 5.97 Å². The van der Waals surface area contributed by atoms with E-state index in [1.165, 1.54) is 6.07 Å². The SMILES string of the molecule is CCOC(=O)CNc1c(N)cc(N)c(Cl)c1F. The fourth-order valence-electron chi connectivity index (χ4n) is 1.22. The number of hydrogen-bond donors (Lipinski definition) is 3. The molecule has 0 fully saturated rings. The second-order valence-corrected chi connectivity index (χ2v) is 3.59. The van der Waals surface area contributed by atoms with Crippen molar-refractivity contribution in [1.29, 1.82) is 0 Å². The Balaban J connectivity index is 2.85. The van der Waals surface area contributed by atoms with Crippen LogP contribution in [0.1, 0.15) is 6.92 Å². The maximum absolute atomic E-state index is 13.7. The molecule has 0 saturated carbocycles. The van der Waals surface area contributed by atoms with Crippen LogP contribution in [-0.4, -0.2) is 19.1 Å². The van der Waals surface area contributed by atoms with Gasteiger partial charge < -0.3 is 21.5 Å². The van der Waals surface area contributed by atoms with E-state index >= 15 is 0 Å². The number of hydrogen-bond acceptors (Lipinski definition) is 5. The van der Waals surface area contributed by atoms with Crippen LogP contribution >= 0.6 is 11.6 Å². The summed E-state index contributed by atoms with van der Waals surface area (Å²) in [6.45, 7) is 1.73. The standard InChI is InChI=1S/C10H13ClFN3O2/c1-2-17-7(16)4-15-10-6(14)3-5(13)8(11)9(10)12/h3,15H,2,4,13-14H2,1H3. The Bertz CT molecular complexity index is 440. The normalized spacial score (nSPS) is 10.1. The van der Waals surface area contributed by atoms with E-state index in [1.54, 1.807) is 6.92 Å². The van der Waals surface area contributed by atoms with Gasteiger partial charge in [0.1, 0.15) is 11.6 Å². The fourth-order valence-corrected chi connectivity index (χ4v) is 1.37. The molecule has 0 atom stereocenters. The molecule has 5 nitrogen and oxygen atoms in total. The minimum absolute atomic E-state index is 0.0448. The molecule has 0 radical (unpaired) electrons. The zero-order chi connectivity index (χ0) is 13.0. The summed E-state index contributed by atoms with van der Waals surface area (Å²) in [5, 5.41) is 2.29. The first-order chi connectivity index (χ1) is 7.97. The lowest BCUT2D eigenvalue weighted by Gasteiger charge is -2.12. The van der Waals surface area contributed by atoms with E-state index in [2.05, 4.69) is 10.1 Å². The van der Waals surface area contributed by atoms with Gasteiger partial charge in [0, 0.05) is 0 Å². The van der Waals surface area contributed by atoms with Gasteiger partial charge in [-0.25, -0.2) is 4.39 Å². The zero-order valence-corrected chi connectivity index (χ0v) is 9.97. The fraction of sp³-hybridized carbons (Fsp3) is 0.300. The number of carbonyl (C=O) groups is 1. The van der Waals surface area contributed by atoms with Gasteiger partial charge in [0.2, 0.25) is 0 Å². The van der Waals surface area contributed by atoms with E-state index in [9.17, 15) is 9.18 Å². The van der Waals surface area contributed by atoms with Gasteiger partial charge in [-0.1, -0.05) is 11.6 Å². The lowest BCUT2D eigenvalue weighted by atomic mass is 10.2. The average Bonchev–Trinajstić information content (AvgIpc) is 2.26. The third kappa shape index (κ3) is 3.13. The molecule has 1 aromatic carbocycles. The van der Waals surface area contributed by atoms with Gasteiger partial charge in [-0.15, -0.1) is 0 Å². The van der Waals surface area contributed by atoms with E-state index in [0.29, 0.717) is 0 Å². The molecule has 0 unspecified atom stereocenters. The summed E-state index contributed by atoms with van der Waals surface area (Å²) in [6, 6.07) is 1.32. The van der Waals surface area contributed by atoms with Crippen LogP contribution < -0.4 is 16.8 Å². The summed E-state index contributed by atoms with van der Waals surface area (Å²) in [6.07, 6.45) is 0. The lowest BCUT2D eigenvalue weighted by molar-refractivity contribution is -0.140. The first kappa shape index (κ1) is 13.4. The van der Waals surface area contributed by atoms with Crippen molar-refractivity contribution in [2.24, 2.45) is 0 Å². The number of carbonyl (C=O) groups excluding carboxylic acids is 1. The van der Waals surface area contributed by atoms with Gasteiger partial charge in [-0.05, 0) is 13.0 Å². The highest BCUT2D eigenvalue weighted by molar-refractivity contribution is 6.33. The highest BCUT2D eigenvalue weighted by Gasteiger charge is 2.15. The molecule has 0 amide bonds. The first-order valence-electron chi connectivity index (χ1n) is 4.89. The third-order valence-electron chi connectivity index (χ3n) is 1.98. The molecule has 1 rings (SSSR count). The minimum atomic E-state index is -0.784. The molecule has 17 heavy (non-hydrogen) atoms. The van der Waals surface area contributed by atoms with Crippen LogP contribution in [0.25, 0.3) is 0 Å². The van der Waals surface area contributed by atoms with E-state index in [4.69, 9.17) is 23.1 Å². The summed E-state index contributed by atoms with van der Waals surface area (Å²) in [5.74, 6) is -1.30. The van der Waals surface area contributed by atoms with Gasteiger partial charge in [0.15, 0.2) is 5.82 Å². The quantitative estimate of drug-likeness (QED) is 0.566. The molecule has 5 N–H and O–H groups in total. The molecule has 7 heteroatoms. The Kier molecular flexibility index (Phi) is 4.39. The second kappa shape index (κ2) is 5.58. The molecule has 0 aromatic heterocycles. The molecule has 0 saturated heterocycles. The highest BCUT2D eigenvalue weighted by Crippen LogP contribution is 2.33. The van der Waals surface area contributed by atoms with Crippen molar-refractivity contribution in [3.05, 3.63) is 16.9 Å². The topological polar surface area (TPSA) is 90.4 Å². The number of ether oxygens (including phenoxy) is 1. The molecule has 0 bridgehead atoms. The smallest absolute Gasteiger partial charge is 0.325 e. The van der Waals surface area contributed by atoms with Crippen molar-refractivity contribution in [3.63, 3.8) is 0 Å². The summed E-state index contributed by atoms with van der Waals surface area (Å²) in [5.41, 5.74) is 11.0. The van der Waals surface area contributed by atoms with Crippen molar-refractivity contribution in [2.75, 3.05) is 29.9 Å². The maximum Gasteiger partial charge on any atom is 0.325 e. The molecule has 1 aromatic rings. The number of halogens is 2. The summed E-state index contributed by atoms with van der Waals surface area (Å²) >= 11 is 5.62. The number of anilines is 3. The van der Waals surface area contributed by atoms with Crippen LogP contribution in [0.4, 0.5) is 21.5 Å². The van der Waals surface area contributed by atoms with E-state index in [0.717, 1.165) is 0 Å². The van der Waals surface area contributed by atoms with Gasteiger partial charge in [-0.2, -0.15) is 0 Å². The Labute approximate surface area is 103 Å². The largest absolute Gasteiger partial charge is 0.465 e. The van der Waals surface area contributed by atoms with Crippen molar-refractivity contribution < 1.29 is 13.9 Å². The number of nitrogen functional groups attached to an aromatic ring is 2. The molecule has 94 valence electrons. The van der Waals surface area contributed by atoms with E-state index in [1.807, 2.05) is 0 Å². The Morgan fingerprint density at radius 3 is 2.76 bits per heavy atom. The molecule has 0 spiro atoms. The molecular weight excluding hydrogens is 249 g/mol. The zero-order valence-electron chi connectivity index (χ0n) is 9.22. The van der Waals surface area contributed by atoms with Crippen molar-refractivity contribution in [2.45, 2.75) is 6.92 Å². The maximum atomic E-state index is 13.7. The van der Waals surface area contributed by atoms with E-state index in [-0.39, 0.29) is 35.2 Å². The van der Waals surface area contributed by atoms with Gasteiger partial charge in [-0.3, -0.25) is 4.79 Å². The predicted octanol–water partition coefficient (Wildman–Crippen LogP) is 1.62. The van der Waals surface area contributed by atoms with Crippen LogP contribution in [0, 0.1) is 5.82 Å². The molecule has 0 heterocycles. The first-order valence-corrected chi connectivity index (χ1v) is 5.27. The highest BCUT2D eigenvalue weighted by atomic mass is 35.5. The van der Waals surface area contributed by atoms with Gasteiger partial charge in [0.25, 0.3) is 0 Å². The number of benzene rings is 1. The van der Waals surface area contributed by atoms with Crippen LogP contribution in [-0.2, 0) is 9.53 Å². The summed E-state index contributed by atoms with van der Waals surface area (Å²) in [4.78, 5) is 11.1. The summed E-state index contributed by atoms with van der Waals surface area (Å²) < 4.78 is 18.3. The van der Waals surface area contributed by atoms with Crippen LogP contribution in [0.3, 0.4) is 0 Å². The van der Waals surface area contributed by atoms with Crippen molar-refractivity contribution in [3.8, 4) is 0 Å². The number of nitrogens with two attached hydrogens (primary N) is 2. The Morgan fingerprint density at radius 1 is 1.53 bits per heavy atom. The van der Waals surface area contributed by atoms with Crippen molar-refractivity contribution in [1.82, 2.24) is 0 Å².